The van der Waals surface area contributed by atoms with E-state index in [1.807, 2.05) is 6.07 Å². The standard InChI is InChI=1S/C24H17FN2O5/c25-18-10-6-17(7-11-18)22(28)20-21(16-8-12-19(13-9-16)27(31)32)26(24(30)23(20)29)14-15-4-2-1-3-5-15/h1-13,21,28H,14H2. The molecule has 1 saturated heterocycles. The summed E-state index contributed by atoms with van der Waals surface area (Å²) in [5.74, 6) is -2.65. The smallest absolute Gasteiger partial charge is 0.295 e. The third kappa shape index (κ3) is 3.85. The molecule has 0 spiro atoms. The van der Waals surface area contributed by atoms with Crippen molar-refractivity contribution < 1.29 is 24.0 Å². The topological polar surface area (TPSA) is 101 Å². The van der Waals surface area contributed by atoms with E-state index in [0.717, 1.165) is 17.7 Å². The Bertz CT molecular complexity index is 1220. The summed E-state index contributed by atoms with van der Waals surface area (Å²) in [4.78, 5) is 37.7. The molecule has 0 saturated carbocycles. The van der Waals surface area contributed by atoms with Crippen LogP contribution in [0.4, 0.5) is 10.1 Å². The van der Waals surface area contributed by atoms with Gasteiger partial charge in [-0.05, 0) is 47.5 Å². The molecule has 3 aromatic rings. The Morgan fingerprint density at radius 1 is 0.969 bits per heavy atom. The second-order valence-corrected chi connectivity index (χ2v) is 7.27. The summed E-state index contributed by atoms with van der Waals surface area (Å²) in [7, 11) is 0. The highest BCUT2D eigenvalue weighted by atomic mass is 19.1. The van der Waals surface area contributed by atoms with Crippen LogP contribution in [-0.2, 0) is 16.1 Å². The maximum absolute atomic E-state index is 13.3. The molecule has 1 aliphatic heterocycles. The SMILES string of the molecule is O=C1C(=O)N(Cc2ccccc2)C(c2ccc([N+](=O)[O-])cc2)C1=C(O)c1ccc(F)cc1. The number of ketones is 1. The average Bonchev–Trinajstić information content (AvgIpc) is 3.05. The van der Waals surface area contributed by atoms with Gasteiger partial charge in [0, 0.05) is 24.2 Å². The molecule has 1 unspecified atom stereocenters. The van der Waals surface area contributed by atoms with Gasteiger partial charge in [0.05, 0.1) is 16.5 Å². The first kappa shape index (κ1) is 20.9. The summed E-state index contributed by atoms with van der Waals surface area (Å²) in [5, 5.41) is 21.9. The molecule has 1 amide bonds. The minimum atomic E-state index is -0.971. The average molecular weight is 432 g/mol. The van der Waals surface area contributed by atoms with Crippen LogP contribution in [-0.4, -0.2) is 26.6 Å². The Balaban J connectivity index is 1.85. The Morgan fingerprint density at radius 2 is 1.59 bits per heavy atom. The predicted molar refractivity (Wildman–Crippen MR) is 114 cm³/mol. The first-order chi connectivity index (χ1) is 15.4. The maximum Gasteiger partial charge on any atom is 0.295 e. The van der Waals surface area contributed by atoms with Gasteiger partial charge in [0.25, 0.3) is 17.4 Å². The van der Waals surface area contributed by atoms with Crippen LogP contribution in [0.25, 0.3) is 5.76 Å². The fraction of sp³-hybridized carbons (Fsp3) is 0.0833. The number of non-ortho nitro benzene ring substituents is 1. The van der Waals surface area contributed by atoms with Crippen molar-refractivity contribution in [3.63, 3.8) is 0 Å². The van der Waals surface area contributed by atoms with Crippen LogP contribution in [0.15, 0.2) is 84.4 Å². The van der Waals surface area contributed by atoms with Crippen LogP contribution in [0, 0.1) is 15.9 Å². The van der Waals surface area contributed by atoms with E-state index in [1.165, 1.54) is 41.3 Å². The Labute approximate surface area is 182 Å². The third-order valence-corrected chi connectivity index (χ3v) is 5.27. The van der Waals surface area contributed by atoms with Crippen LogP contribution >= 0.6 is 0 Å². The molecule has 0 aliphatic carbocycles. The van der Waals surface area contributed by atoms with E-state index in [9.17, 15) is 29.2 Å². The monoisotopic (exact) mass is 432 g/mol. The summed E-state index contributed by atoms with van der Waals surface area (Å²) >= 11 is 0. The lowest BCUT2D eigenvalue weighted by molar-refractivity contribution is -0.384. The zero-order chi connectivity index (χ0) is 22.8. The van der Waals surface area contributed by atoms with Crippen LogP contribution in [0.3, 0.4) is 0 Å². The summed E-state index contributed by atoms with van der Waals surface area (Å²) in [6.07, 6.45) is 0. The molecule has 0 aromatic heterocycles. The van der Waals surface area contributed by atoms with Crippen molar-refractivity contribution in [2.24, 2.45) is 0 Å². The second kappa shape index (κ2) is 8.43. The quantitative estimate of drug-likeness (QED) is 0.212. The molecular weight excluding hydrogens is 415 g/mol. The predicted octanol–water partition coefficient (Wildman–Crippen LogP) is 4.36. The molecule has 8 heteroatoms. The zero-order valence-electron chi connectivity index (χ0n) is 16.6. The number of likely N-dealkylation sites (tertiary alicyclic amines) is 1. The summed E-state index contributed by atoms with van der Waals surface area (Å²) < 4.78 is 13.3. The van der Waals surface area contributed by atoms with Gasteiger partial charge < -0.3 is 10.0 Å². The number of Topliss-reactive ketones (excluding diaryl/α,β-unsaturated/α-hetero) is 1. The number of rotatable bonds is 5. The molecule has 4 rings (SSSR count). The van der Waals surface area contributed by atoms with E-state index in [4.69, 9.17) is 0 Å². The normalized spacial score (nSPS) is 17.5. The van der Waals surface area contributed by atoms with Crippen molar-refractivity contribution in [1.82, 2.24) is 4.90 Å². The van der Waals surface area contributed by atoms with Gasteiger partial charge in [0.15, 0.2) is 0 Å². The van der Waals surface area contributed by atoms with E-state index in [-0.39, 0.29) is 23.4 Å². The number of nitro benzene ring substituents is 1. The highest BCUT2D eigenvalue weighted by molar-refractivity contribution is 6.46. The van der Waals surface area contributed by atoms with E-state index < -0.39 is 34.2 Å². The lowest BCUT2D eigenvalue weighted by atomic mass is 9.95. The van der Waals surface area contributed by atoms with Gasteiger partial charge in [0.2, 0.25) is 0 Å². The van der Waals surface area contributed by atoms with Crippen molar-refractivity contribution in [3.05, 3.63) is 117 Å². The van der Waals surface area contributed by atoms with E-state index in [2.05, 4.69) is 0 Å². The Morgan fingerprint density at radius 3 is 2.19 bits per heavy atom. The molecule has 1 aliphatic rings. The molecule has 1 fully saturated rings. The molecule has 1 N–H and O–H groups in total. The molecule has 1 atom stereocenters. The molecule has 160 valence electrons. The molecule has 0 bridgehead atoms. The van der Waals surface area contributed by atoms with Crippen molar-refractivity contribution in [2.75, 3.05) is 0 Å². The molecule has 3 aromatic carbocycles. The van der Waals surface area contributed by atoms with Crippen LogP contribution in [0.2, 0.25) is 0 Å². The van der Waals surface area contributed by atoms with Crippen molar-refractivity contribution in [3.8, 4) is 0 Å². The number of amides is 1. The second-order valence-electron chi connectivity index (χ2n) is 7.27. The van der Waals surface area contributed by atoms with Crippen molar-refractivity contribution >= 4 is 23.1 Å². The first-order valence-corrected chi connectivity index (χ1v) is 9.69. The van der Waals surface area contributed by atoms with Gasteiger partial charge in [-0.3, -0.25) is 19.7 Å². The highest BCUT2D eigenvalue weighted by Crippen LogP contribution is 2.40. The lowest BCUT2D eigenvalue weighted by Gasteiger charge is -2.25. The molecule has 7 nitrogen and oxygen atoms in total. The summed E-state index contributed by atoms with van der Waals surface area (Å²) in [6.45, 7) is 0.0905. The summed E-state index contributed by atoms with van der Waals surface area (Å²) in [5.41, 5.74) is 1.06. The Kier molecular flexibility index (Phi) is 5.51. The summed E-state index contributed by atoms with van der Waals surface area (Å²) in [6, 6.07) is 18.4. The fourth-order valence-electron chi connectivity index (χ4n) is 3.71. The number of carbonyl (C=O) groups is 2. The highest BCUT2D eigenvalue weighted by Gasteiger charge is 2.46. The number of carbonyl (C=O) groups excluding carboxylic acids is 2. The number of nitrogens with zero attached hydrogens (tertiary/aromatic N) is 2. The van der Waals surface area contributed by atoms with Crippen LogP contribution < -0.4 is 0 Å². The number of hydrogen-bond donors (Lipinski definition) is 1. The minimum Gasteiger partial charge on any atom is -0.507 e. The number of aliphatic hydroxyl groups excluding tert-OH is 1. The zero-order valence-corrected chi connectivity index (χ0v) is 16.6. The van der Waals surface area contributed by atoms with Crippen molar-refractivity contribution in [2.45, 2.75) is 12.6 Å². The van der Waals surface area contributed by atoms with Crippen LogP contribution in [0.1, 0.15) is 22.7 Å². The van der Waals surface area contributed by atoms with E-state index in [1.54, 1.807) is 24.3 Å². The molecule has 0 radical (unpaired) electrons. The number of benzene rings is 3. The van der Waals surface area contributed by atoms with Gasteiger partial charge in [0.1, 0.15) is 11.6 Å². The van der Waals surface area contributed by atoms with Crippen molar-refractivity contribution in [1.29, 1.82) is 0 Å². The Hall–Kier alpha value is -4.33. The largest absolute Gasteiger partial charge is 0.507 e. The van der Waals surface area contributed by atoms with Gasteiger partial charge in [-0.15, -0.1) is 0 Å². The molecule has 32 heavy (non-hydrogen) atoms. The number of nitro groups is 1. The minimum absolute atomic E-state index is 0.0905. The molecule has 1 heterocycles. The van der Waals surface area contributed by atoms with E-state index >= 15 is 0 Å². The van der Waals surface area contributed by atoms with Crippen LogP contribution in [0.5, 0.6) is 0 Å². The number of hydrogen-bond acceptors (Lipinski definition) is 5. The van der Waals surface area contributed by atoms with E-state index in [0.29, 0.717) is 5.56 Å². The molecular formula is C24H17FN2O5. The fourth-order valence-corrected chi connectivity index (χ4v) is 3.71. The maximum atomic E-state index is 13.3. The van der Waals surface area contributed by atoms with Gasteiger partial charge >= 0.3 is 0 Å². The number of halogens is 1. The first-order valence-electron chi connectivity index (χ1n) is 9.69. The number of aliphatic hydroxyl groups is 1. The van der Waals surface area contributed by atoms with Gasteiger partial charge in [-0.1, -0.05) is 30.3 Å². The van der Waals surface area contributed by atoms with Gasteiger partial charge in [-0.2, -0.15) is 0 Å². The third-order valence-electron chi connectivity index (χ3n) is 5.27. The van der Waals surface area contributed by atoms with Gasteiger partial charge in [-0.25, -0.2) is 4.39 Å². The lowest BCUT2D eigenvalue weighted by Crippen LogP contribution is -2.29.